The molecule has 2 aliphatic heterocycles. The zero-order valence-corrected chi connectivity index (χ0v) is 17.5. The van der Waals surface area contributed by atoms with E-state index in [-0.39, 0.29) is 6.10 Å². The van der Waals surface area contributed by atoms with Gasteiger partial charge in [-0.1, -0.05) is 37.3 Å². The van der Waals surface area contributed by atoms with Crippen LogP contribution in [0.2, 0.25) is 0 Å². The molecule has 0 bridgehead atoms. The van der Waals surface area contributed by atoms with Crippen molar-refractivity contribution in [3.05, 3.63) is 52.8 Å². The van der Waals surface area contributed by atoms with E-state index in [1.165, 1.54) is 22.5 Å². The van der Waals surface area contributed by atoms with Gasteiger partial charge in [-0.05, 0) is 38.7 Å². The van der Waals surface area contributed by atoms with Gasteiger partial charge in [0.25, 0.3) is 0 Å². The minimum atomic E-state index is -0.168. The molecule has 0 spiro atoms. The van der Waals surface area contributed by atoms with Crippen molar-refractivity contribution >= 4 is 0 Å². The minimum Gasteiger partial charge on any atom is -0.392 e. The molecular weight excluding hydrogens is 348 g/mol. The van der Waals surface area contributed by atoms with Crippen LogP contribution in [0, 0.1) is 13.8 Å². The Kier molecular flexibility index (Phi) is 5.85. The third kappa shape index (κ3) is 4.02. The number of aromatic nitrogens is 2. The van der Waals surface area contributed by atoms with Gasteiger partial charge in [0, 0.05) is 56.1 Å². The van der Waals surface area contributed by atoms with Crippen molar-refractivity contribution in [3.8, 4) is 0 Å². The topological polar surface area (TPSA) is 44.5 Å². The number of benzene rings is 1. The number of piperazine rings is 1. The Bertz CT molecular complexity index is 787. The number of aryl methyl sites for hydroxylation is 2. The van der Waals surface area contributed by atoms with Crippen molar-refractivity contribution in [2.24, 2.45) is 0 Å². The maximum absolute atomic E-state index is 10.2. The van der Waals surface area contributed by atoms with Crippen molar-refractivity contribution in [3.63, 3.8) is 0 Å². The van der Waals surface area contributed by atoms with E-state index in [1.807, 2.05) is 0 Å². The van der Waals surface area contributed by atoms with Gasteiger partial charge in [-0.25, -0.2) is 0 Å². The van der Waals surface area contributed by atoms with Gasteiger partial charge in [-0.2, -0.15) is 5.10 Å². The average molecular weight is 383 g/mol. The Morgan fingerprint density at radius 3 is 2.64 bits per heavy atom. The lowest BCUT2D eigenvalue weighted by Gasteiger charge is -2.44. The van der Waals surface area contributed by atoms with Gasteiger partial charge >= 0.3 is 0 Å². The molecule has 0 amide bonds. The summed E-state index contributed by atoms with van der Waals surface area (Å²) in [6, 6.07) is 11.8. The molecule has 0 aliphatic carbocycles. The van der Waals surface area contributed by atoms with E-state index in [1.54, 1.807) is 0 Å². The van der Waals surface area contributed by atoms with Gasteiger partial charge in [-0.15, -0.1) is 0 Å². The van der Waals surface area contributed by atoms with Crippen molar-refractivity contribution < 1.29 is 5.11 Å². The van der Waals surface area contributed by atoms with Crippen LogP contribution in [0.3, 0.4) is 0 Å². The van der Waals surface area contributed by atoms with Crippen molar-refractivity contribution in [2.45, 2.75) is 71.3 Å². The van der Waals surface area contributed by atoms with Crippen molar-refractivity contribution in [2.75, 3.05) is 19.6 Å². The molecular formula is C23H34N4O. The number of hydrogen-bond acceptors (Lipinski definition) is 4. The van der Waals surface area contributed by atoms with Crippen LogP contribution in [0.4, 0.5) is 0 Å². The summed E-state index contributed by atoms with van der Waals surface area (Å²) in [7, 11) is 0. The van der Waals surface area contributed by atoms with Crippen LogP contribution in [0.1, 0.15) is 42.3 Å². The summed E-state index contributed by atoms with van der Waals surface area (Å²) < 4.78 is 2.17. The fourth-order valence-electron chi connectivity index (χ4n) is 5.05. The maximum atomic E-state index is 10.2. The number of aliphatic hydroxyl groups excluding tert-OH is 1. The van der Waals surface area contributed by atoms with Crippen LogP contribution in [0.25, 0.3) is 0 Å². The summed E-state index contributed by atoms with van der Waals surface area (Å²) >= 11 is 0. The molecule has 28 heavy (non-hydrogen) atoms. The first-order valence-corrected chi connectivity index (χ1v) is 10.8. The molecule has 1 aromatic heterocycles. The Morgan fingerprint density at radius 1 is 1.11 bits per heavy atom. The minimum absolute atomic E-state index is 0.168. The molecule has 5 nitrogen and oxygen atoms in total. The lowest BCUT2D eigenvalue weighted by Crippen LogP contribution is -2.56. The molecule has 1 N–H and O–H groups in total. The second kappa shape index (κ2) is 8.36. The summed E-state index contributed by atoms with van der Waals surface area (Å²) in [5, 5.41) is 15.0. The molecule has 0 radical (unpaired) electrons. The van der Waals surface area contributed by atoms with Crippen LogP contribution in [-0.4, -0.2) is 62.5 Å². The molecule has 3 atom stereocenters. The highest BCUT2D eigenvalue weighted by Crippen LogP contribution is 2.29. The quantitative estimate of drug-likeness (QED) is 0.834. The number of rotatable bonds is 6. The summed E-state index contributed by atoms with van der Waals surface area (Å²) in [5.41, 5.74) is 5.26. The van der Waals surface area contributed by atoms with Crippen molar-refractivity contribution in [1.82, 2.24) is 19.6 Å². The fraction of sp³-hybridized carbons (Fsp3) is 0.609. The van der Waals surface area contributed by atoms with Gasteiger partial charge < -0.3 is 5.11 Å². The number of fused-ring (bicyclic) bond motifs is 1. The van der Waals surface area contributed by atoms with E-state index in [0.29, 0.717) is 12.1 Å². The molecule has 1 aromatic carbocycles. The van der Waals surface area contributed by atoms with E-state index in [0.717, 1.165) is 52.0 Å². The van der Waals surface area contributed by atoms with E-state index in [9.17, 15) is 5.11 Å². The fourth-order valence-corrected chi connectivity index (χ4v) is 5.05. The van der Waals surface area contributed by atoms with Gasteiger partial charge in [0.05, 0.1) is 11.8 Å². The first kappa shape index (κ1) is 19.6. The number of nitrogens with zero attached hydrogens (tertiary/aromatic N) is 4. The van der Waals surface area contributed by atoms with Gasteiger partial charge in [-0.3, -0.25) is 14.5 Å². The number of aliphatic hydroxyl groups is 1. The van der Waals surface area contributed by atoms with Gasteiger partial charge in [0.15, 0.2) is 0 Å². The normalized spacial score (nSPS) is 25.9. The lowest BCUT2D eigenvalue weighted by molar-refractivity contribution is 0.0442. The highest BCUT2D eigenvalue weighted by Gasteiger charge is 2.39. The molecule has 2 fully saturated rings. The summed E-state index contributed by atoms with van der Waals surface area (Å²) in [6.45, 7) is 11.4. The molecule has 2 saturated heterocycles. The lowest BCUT2D eigenvalue weighted by atomic mass is 9.98. The van der Waals surface area contributed by atoms with E-state index >= 15 is 0 Å². The smallest absolute Gasteiger partial charge is 0.0682 e. The van der Waals surface area contributed by atoms with Gasteiger partial charge in [0.1, 0.15) is 0 Å². The average Bonchev–Trinajstić information content (AvgIpc) is 3.16. The van der Waals surface area contributed by atoms with Crippen LogP contribution in [0.5, 0.6) is 0 Å². The Labute approximate surface area is 169 Å². The molecule has 0 unspecified atom stereocenters. The molecule has 5 heteroatoms. The zero-order valence-electron chi connectivity index (χ0n) is 17.5. The SMILES string of the molecule is CCCn1nc(C)c(CN2C[C@@H]3C[C@@H](O)CN3C[C@@H]2Cc2ccccc2)c1C. The third-order valence-corrected chi connectivity index (χ3v) is 6.55. The third-order valence-electron chi connectivity index (χ3n) is 6.55. The van der Waals surface area contributed by atoms with E-state index in [4.69, 9.17) is 5.10 Å². The predicted molar refractivity (Wildman–Crippen MR) is 112 cm³/mol. The second-order valence-electron chi connectivity index (χ2n) is 8.64. The first-order chi connectivity index (χ1) is 13.5. The molecule has 4 rings (SSSR count). The van der Waals surface area contributed by atoms with Crippen LogP contribution < -0.4 is 0 Å². The van der Waals surface area contributed by atoms with Crippen molar-refractivity contribution in [1.29, 1.82) is 0 Å². The Morgan fingerprint density at radius 2 is 1.89 bits per heavy atom. The van der Waals surface area contributed by atoms with Crippen LogP contribution in [-0.2, 0) is 19.5 Å². The summed E-state index contributed by atoms with van der Waals surface area (Å²) in [6.07, 6.45) is 2.90. The Hall–Kier alpha value is -1.69. The molecule has 152 valence electrons. The zero-order chi connectivity index (χ0) is 19.7. The van der Waals surface area contributed by atoms with E-state index in [2.05, 4.69) is 65.6 Å². The van der Waals surface area contributed by atoms with Crippen LogP contribution >= 0.6 is 0 Å². The molecule has 2 aromatic rings. The highest BCUT2D eigenvalue weighted by atomic mass is 16.3. The Balaban J connectivity index is 1.56. The van der Waals surface area contributed by atoms with E-state index < -0.39 is 0 Å². The molecule has 2 aliphatic rings. The van der Waals surface area contributed by atoms with Gasteiger partial charge in [0.2, 0.25) is 0 Å². The maximum Gasteiger partial charge on any atom is 0.0682 e. The summed E-state index contributed by atoms with van der Waals surface area (Å²) in [4.78, 5) is 5.16. The first-order valence-electron chi connectivity index (χ1n) is 10.8. The molecule has 3 heterocycles. The summed E-state index contributed by atoms with van der Waals surface area (Å²) in [5.74, 6) is 0. The second-order valence-corrected chi connectivity index (χ2v) is 8.64. The predicted octanol–water partition coefficient (Wildman–Crippen LogP) is 2.77. The standard InChI is InChI=1S/C23H34N4O/c1-4-10-27-18(3)23(17(2)24-27)16-26-14-21-12-22(28)15-25(21)13-20(26)11-19-8-6-5-7-9-19/h5-9,20-22,28H,4,10-16H2,1-3H3/t20-,21-,22+/m0/s1. The number of hydrogen-bond donors (Lipinski definition) is 1. The molecule has 0 saturated carbocycles. The van der Waals surface area contributed by atoms with Crippen LogP contribution in [0.15, 0.2) is 30.3 Å². The largest absolute Gasteiger partial charge is 0.392 e. The highest BCUT2D eigenvalue weighted by molar-refractivity contribution is 5.25. The monoisotopic (exact) mass is 382 g/mol.